The first kappa shape index (κ1) is 18.7. The molecule has 3 N–H and O–H groups in total. The monoisotopic (exact) mass is 359 g/mol. The number of nitrogens with one attached hydrogen (secondary N) is 1. The fraction of sp³-hybridized carbons (Fsp3) is 0.600. The summed E-state index contributed by atoms with van der Waals surface area (Å²) in [7, 11) is 0. The molecular formula is C20H29N3O3. The number of rotatable bonds is 7. The van der Waals surface area contributed by atoms with Crippen LogP contribution >= 0.6 is 0 Å². The quantitative estimate of drug-likeness (QED) is 0.778. The molecule has 1 aliphatic heterocycles. The molecule has 1 saturated heterocycles. The second-order valence-electron chi connectivity index (χ2n) is 7.38. The molecule has 2 fully saturated rings. The molecule has 6 nitrogen and oxygen atoms in total. The van der Waals surface area contributed by atoms with Gasteiger partial charge < -0.3 is 20.7 Å². The Labute approximate surface area is 155 Å². The van der Waals surface area contributed by atoms with E-state index in [1.54, 1.807) is 12.1 Å². The third kappa shape index (κ3) is 4.36. The molecule has 2 aliphatic rings. The molecule has 1 aromatic carbocycles. The van der Waals surface area contributed by atoms with E-state index >= 15 is 0 Å². The van der Waals surface area contributed by atoms with Crippen LogP contribution in [0.3, 0.4) is 0 Å². The van der Waals surface area contributed by atoms with Crippen LogP contribution < -0.4 is 15.8 Å². The fourth-order valence-electron chi connectivity index (χ4n) is 3.92. The molecule has 0 bridgehead atoms. The molecule has 6 heteroatoms. The first-order valence-corrected chi connectivity index (χ1v) is 9.59. The predicted molar refractivity (Wildman–Crippen MR) is 100 cm³/mol. The zero-order valence-electron chi connectivity index (χ0n) is 15.5. The van der Waals surface area contributed by atoms with Crippen LogP contribution in [-0.2, 0) is 4.79 Å². The van der Waals surface area contributed by atoms with Crippen molar-refractivity contribution in [3.63, 3.8) is 0 Å². The van der Waals surface area contributed by atoms with Crippen LogP contribution in [0.1, 0.15) is 48.0 Å². The largest absolute Gasteiger partial charge is 0.492 e. The molecule has 0 aromatic heterocycles. The minimum Gasteiger partial charge on any atom is -0.492 e. The van der Waals surface area contributed by atoms with Crippen molar-refractivity contribution in [3.8, 4) is 5.75 Å². The first-order valence-electron chi connectivity index (χ1n) is 9.59. The Kier molecular flexibility index (Phi) is 6.14. The number of amides is 2. The number of carbonyl (C=O) groups is 2. The van der Waals surface area contributed by atoms with Gasteiger partial charge in [-0.05, 0) is 37.5 Å². The summed E-state index contributed by atoms with van der Waals surface area (Å²) in [6.45, 7) is 4.09. The standard InChI is InChI=1S/C20H29N3O3/c1-14-6-7-16(11-18(14)26-9-8-21)20(25)22-12-15-10-19(24)23(13-15)17-4-2-3-5-17/h6-7,11,15,17H,2-5,8-10,12-13,21H2,1H3,(H,22,25)/t15-/m0/s1. The lowest BCUT2D eigenvalue weighted by Gasteiger charge is -2.24. The Morgan fingerprint density at radius 3 is 2.85 bits per heavy atom. The smallest absolute Gasteiger partial charge is 0.251 e. The molecule has 1 aromatic rings. The highest BCUT2D eigenvalue weighted by atomic mass is 16.5. The molecule has 0 unspecified atom stereocenters. The third-order valence-corrected chi connectivity index (χ3v) is 5.38. The maximum Gasteiger partial charge on any atom is 0.251 e. The number of likely N-dealkylation sites (tertiary alicyclic amines) is 1. The topological polar surface area (TPSA) is 84.7 Å². The number of nitrogens with two attached hydrogens (primary N) is 1. The van der Waals surface area contributed by atoms with Gasteiger partial charge in [-0.2, -0.15) is 0 Å². The summed E-state index contributed by atoms with van der Waals surface area (Å²) in [5, 5.41) is 2.98. The summed E-state index contributed by atoms with van der Waals surface area (Å²) < 4.78 is 5.58. The van der Waals surface area contributed by atoms with Gasteiger partial charge in [-0.25, -0.2) is 0 Å². The van der Waals surface area contributed by atoms with Crippen LogP contribution in [0.2, 0.25) is 0 Å². The summed E-state index contributed by atoms with van der Waals surface area (Å²) in [5.41, 5.74) is 7.02. The van der Waals surface area contributed by atoms with Crippen molar-refractivity contribution in [1.82, 2.24) is 10.2 Å². The third-order valence-electron chi connectivity index (χ3n) is 5.38. The van der Waals surface area contributed by atoms with Crippen LogP contribution in [0, 0.1) is 12.8 Å². The lowest BCUT2D eigenvalue weighted by molar-refractivity contribution is -0.129. The van der Waals surface area contributed by atoms with E-state index in [1.165, 1.54) is 12.8 Å². The molecule has 26 heavy (non-hydrogen) atoms. The van der Waals surface area contributed by atoms with Gasteiger partial charge >= 0.3 is 0 Å². The van der Waals surface area contributed by atoms with Crippen LogP contribution in [0.25, 0.3) is 0 Å². The average molecular weight is 359 g/mol. The molecule has 1 saturated carbocycles. The molecule has 142 valence electrons. The summed E-state index contributed by atoms with van der Waals surface area (Å²) >= 11 is 0. The van der Waals surface area contributed by atoms with Crippen molar-refractivity contribution in [3.05, 3.63) is 29.3 Å². The molecule has 1 aliphatic carbocycles. The first-order chi connectivity index (χ1) is 12.6. The Balaban J connectivity index is 1.53. The predicted octanol–water partition coefficient (Wildman–Crippen LogP) is 1.85. The number of hydrogen-bond donors (Lipinski definition) is 2. The van der Waals surface area contributed by atoms with Gasteiger partial charge in [-0.15, -0.1) is 0 Å². The van der Waals surface area contributed by atoms with Crippen molar-refractivity contribution in [2.24, 2.45) is 11.7 Å². The lowest BCUT2D eigenvalue weighted by Crippen LogP contribution is -2.36. The van der Waals surface area contributed by atoms with Crippen molar-refractivity contribution in [2.75, 3.05) is 26.2 Å². The van der Waals surface area contributed by atoms with Gasteiger partial charge in [0.1, 0.15) is 12.4 Å². The lowest BCUT2D eigenvalue weighted by atomic mass is 10.1. The van der Waals surface area contributed by atoms with Gasteiger partial charge in [-0.3, -0.25) is 9.59 Å². The number of hydrogen-bond acceptors (Lipinski definition) is 4. The van der Waals surface area contributed by atoms with Crippen LogP contribution in [0.5, 0.6) is 5.75 Å². The van der Waals surface area contributed by atoms with E-state index in [2.05, 4.69) is 5.32 Å². The molecule has 3 rings (SSSR count). The number of aryl methyl sites for hydroxylation is 1. The number of ether oxygens (including phenoxy) is 1. The SMILES string of the molecule is Cc1ccc(C(=O)NC[C@@H]2CC(=O)N(C3CCCC3)C2)cc1OCCN. The highest BCUT2D eigenvalue weighted by molar-refractivity contribution is 5.94. The number of nitrogens with zero attached hydrogens (tertiary/aromatic N) is 1. The van der Waals surface area contributed by atoms with Gasteiger partial charge in [0.05, 0.1) is 0 Å². The molecule has 1 heterocycles. The van der Waals surface area contributed by atoms with Crippen LogP contribution in [0.4, 0.5) is 0 Å². The highest BCUT2D eigenvalue weighted by Gasteiger charge is 2.35. The minimum atomic E-state index is -0.130. The van der Waals surface area contributed by atoms with Crippen molar-refractivity contribution in [2.45, 2.75) is 45.1 Å². The summed E-state index contributed by atoms with van der Waals surface area (Å²) in [6, 6.07) is 5.85. The molecule has 0 spiro atoms. The van der Waals surface area contributed by atoms with Crippen LogP contribution in [0.15, 0.2) is 18.2 Å². The average Bonchev–Trinajstić information content (AvgIpc) is 3.28. The van der Waals surface area contributed by atoms with Crippen molar-refractivity contribution >= 4 is 11.8 Å². The van der Waals surface area contributed by atoms with Gasteiger partial charge in [0, 0.05) is 43.6 Å². The molecular weight excluding hydrogens is 330 g/mol. The Morgan fingerprint density at radius 2 is 2.12 bits per heavy atom. The second-order valence-corrected chi connectivity index (χ2v) is 7.38. The zero-order valence-corrected chi connectivity index (χ0v) is 15.5. The molecule has 0 radical (unpaired) electrons. The van der Waals surface area contributed by atoms with E-state index in [0.717, 1.165) is 24.9 Å². The highest BCUT2D eigenvalue weighted by Crippen LogP contribution is 2.29. The van der Waals surface area contributed by atoms with Gasteiger partial charge in [-0.1, -0.05) is 18.9 Å². The van der Waals surface area contributed by atoms with E-state index in [9.17, 15) is 9.59 Å². The van der Waals surface area contributed by atoms with Gasteiger partial charge in [0.25, 0.3) is 5.91 Å². The van der Waals surface area contributed by atoms with Gasteiger partial charge in [0.15, 0.2) is 0 Å². The number of carbonyl (C=O) groups excluding carboxylic acids is 2. The van der Waals surface area contributed by atoms with E-state index in [-0.39, 0.29) is 17.7 Å². The number of benzene rings is 1. The van der Waals surface area contributed by atoms with Gasteiger partial charge in [0.2, 0.25) is 5.91 Å². The second kappa shape index (κ2) is 8.54. The van der Waals surface area contributed by atoms with Crippen molar-refractivity contribution in [1.29, 1.82) is 0 Å². The minimum absolute atomic E-state index is 0.130. The molecule has 1 atom stereocenters. The normalized spacial score (nSPS) is 20.6. The Hall–Kier alpha value is -2.08. The maximum absolute atomic E-state index is 12.5. The Morgan fingerprint density at radius 1 is 1.35 bits per heavy atom. The summed E-state index contributed by atoms with van der Waals surface area (Å²) in [5.74, 6) is 0.996. The van der Waals surface area contributed by atoms with E-state index in [4.69, 9.17) is 10.5 Å². The summed E-state index contributed by atoms with van der Waals surface area (Å²) in [6.07, 6.45) is 5.23. The summed E-state index contributed by atoms with van der Waals surface area (Å²) in [4.78, 5) is 26.8. The Bertz CT molecular complexity index is 656. The van der Waals surface area contributed by atoms with E-state index < -0.39 is 0 Å². The maximum atomic E-state index is 12.5. The van der Waals surface area contributed by atoms with E-state index in [0.29, 0.717) is 43.5 Å². The zero-order chi connectivity index (χ0) is 18.5. The van der Waals surface area contributed by atoms with Crippen LogP contribution in [-0.4, -0.2) is 49.0 Å². The fourth-order valence-corrected chi connectivity index (χ4v) is 3.92. The molecule has 2 amide bonds. The van der Waals surface area contributed by atoms with E-state index in [1.807, 2.05) is 17.9 Å². The van der Waals surface area contributed by atoms with Crippen molar-refractivity contribution < 1.29 is 14.3 Å².